The lowest BCUT2D eigenvalue weighted by Crippen LogP contribution is -1.96. The predicted molar refractivity (Wildman–Crippen MR) is 54.5 cm³/mol. The van der Waals surface area contributed by atoms with Crippen LogP contribution in [0.15, 0.2) is 5.51 Å². The summed E-state index contributed by atoms with van der Waals surface area (Å²) in [6, 6.07) is 0. The molecule has 0 N–H and O–H groups in total. The lowest BCUT2D eigenvalue weighted by atomic mass is 10.3. The van der Waals surface area contributed by atoms with Gasteiger partial charge in [0, 0.05) is 6.42 Å². The normalized spacial score (nSPS) is 10.5. The monoisotopic (exact) mass is 223 g/mol. The van der Waals surface area contributed by atoms with Crippen LogP contribution in [0.25, 0.3) is 0 Å². The van der Waals surface area contributed by atoms with Gasteiger partial charge in [-0.15, -0.1) is 11.3 Å². The second-order valence-electron chi connectivity index (χ2n) is 2.08. The van der Waals surface area contributed by atoms with E-state index in [0.717, 1.165) is 17.0 Å². The standard InChI is InChI=1S/C6H9NO2S3/c10-8-2-1-5-6(3-9-11)12-4-7-5/h4,10-11H,1-3H2. The first kappa shape index (κ1) is 10.3. The van der Waals surface area contributed by atoms with Gasteiger partial charge < -0.3 is 8.37 Å². The van der Waals surface area contributed by atoms with Gasteiger partial charge in [-0.25, -0.2) is 4.98 Å². The van der Waals surface area contributed by atoms with Crippen molar-refractivity contribution >= 4 is 37.2 Å². The van der Waals surface area contributed by atoms with E-state index in [1.807, 2.05) is 0 Å². The van der Waals surface area contributed by atoms with E-state index in [1.165, 1.54) is 0 Å². The average molecular weight is 223 g/mol. The van der Waals surface area contributed by atoms with Crippen LogP contribution in [-0.4, -0.2) is 11.6 Å². The molecule has 1 heterocycles. The fraction of sp³-hybridized carbons (Fsp3) is 0.500. The fourth-order valence-corrected chi connectivity index (χ4v) is 1.85. The molecule has 3 nitrogen and oxygen atoms in total. The number of hydrogen-bond donors (Lipinski definition) is 2. The first-order chi connectivity index (χ1) is 5.88. The van der Waals surface area contributed by atoms with Crippen molar-refractivity contribution in [2.24, 2.45) is 0 Å². The van der Waals surface area contributed by atoms with Crippen LogP contribution < -0.4 is 0 Å². The van der Waals surface area contributed by atoms with Crippen LogP contribution >= 0.6 is 37.2 Å². The highest BCUT2D eigenvalue weighted by Gasteiger charge is 2.04. The van der Waals surface area contributed by atoms with Crippen molar-refractivity contribution in [1.29, 1.82) is 0 Å². The van der Waals surface area contributed by atoms with Crippen molar-refractivity contribution in [3.8, 4) is 0 Å². The van der Waals surface area contributed by atoms with Crippen LogP contribution in [0.3, 0.4) is 0 Å². The minimum absolute atomic E-state index is 0.496. The summed E-state index contributed by atoms with van der Waals surface area (Å²) in [6.45, 7) is 1.06. The molecule has 6 heteroatoms. The van der Waals surface area contributed by atoms with Crippen molar-refractivity contribution < 1.29 is 8.37 Å². The molecule has 0 aromatic carbocycles. The molecule has 0 bridgehead atoms. The van der Waals surface area contributed by atoms with Crippen molar-refractivity contribution in [3.05, 3.63) is 16.1 Å². The second kappa shape index (κ2) is 5.82. The first-order valence-corrected chi connectivity index (χ1v) is 4.93. The molecule has 0 aliphatic carbocycles. The molecule has 0 saturated carbocycles. The zero-order chi connectivity index (χ0) is 8.81. The average Bonchev–Trinajstić information content (AvgIpc) is 2.50. The molecule has 1 rings (SSSR count). The quantitative estimate of drug-likeness (QED) is 0.590. The molecule has 0 spiro atoms. The summed E-state index contributed by atoms with van der Waals surface area (Å²) in [5.41, 5.74) is 2.79. The lowest BCUT2D eigenvalue weighted by molar-refractivity contribution is 0.365. The Bertz CT molecular complexity index is 228. The lowest BCUT2D eigenvalue weighted by Gasteiger charge is -1.98. The fourth-order valence-electron chi connectivity index (χ4n) is 0.816. The van der Waals surface area contributed by atoms with Gasteiger partial charge in [0.2, 0.25) is 0 Å². The first-order valence-electron chi connectivity index (χ1n) is 3.32. The van der Waals surface area contributed by atoms with Gasteiger partial charge in [0.25, 0.3) is 0 Å². The van der Waals surface area contributed by atoms with Gasteiger partial charge in [0.15, 0.2) is 0 Å². The number of nitrogens with zero attached hydrogens (tertiary/aromatic N) is 1. The maximum absolute atomic E-state index is 4.71. The SMILES string of the molecule is SOCCc1ncsc1COS. The maximum atomic E-state index is 4.71. The third kappa shape index (κ3) is 2.95. The zero-order valence-corrected chi connectivity index (χ0v) is 8.87. The Kier molecular flexibility index (Phi) is 5.01. The van der Waals surface area contributed by atoms with Crippen LogP contribution in [0, 0.1) is 0 Å². The van der Waals surface area contributed by atoms with Gasteiger partial charge in [0.05, 0.1) is 29.3 Å². The van der Waals surface area contributed by atoms with Gasteiger partial charge in [-0.2, -0.15) is 0 Å². The molecule has 0 radical (unpaired) electrons. The Morgan fingerprint density at radius 3 is 2.92 bits per heavy atom. The number of hydrogen-bond acceptors (Lipinski definition) is 6. The molecular formula is C6H9NO2S3. The smallest absolute Gasteiger partial charge is 0.0972 e. The molecule has 0 saturated heterocycles. The van der Waals surface area contributed by atoms with E-state index < -0.39 is 0 Å². The van der Waals surface area contributed by atoms with Crippen molar-refractivity contribution in [3.63, 3.8) is 0 Å². The number of thiol groups is 2. The molecule has 0 amide bonds. The van der Waals surface area contributed by atoms with Gasteiger partial charge in [0.1, 0.15) is 0 Å². The highest BCUT2D eigenvalue weighted by molar-refractivity contribution is 7.75. The van der Waals surface area contributed by atoms with Gasteiger partial charge >= 0.3 is 0 Å². The highest BCUT2D eigenvalue weighted by Crippen LogP contribution is 2.15. The molecular weight excluding hydrogens is 214 g/mol. The molecule has 1 aromatic rings. The molecule has 0 fully saturated rings. The van der Waals surface area contributed by atoms with E-state index in [4.69, 9.17) is 4.18 Å². The van der Waals surface area contributed by atoms with E-state index >= 15 is 0 Å². The highest BCUT2D eigenvalue weighted by atomic mass is 32.1. The molecule has 1 aromatic heterocycles. The Hall–Kier alpha value is 0.250. The zero-order valence-electron chi connectivity index (χ0n) is 6.27. The summed E-state index contributed by atoms with van der Waals surface area (Å²) in [6.07, 6.45) is 0.763. The Morgan fingerprint density at radius 2 is 2.25 bits per heavy atom. The van der Waals surface area contributed by atoms with Crippen LogP contribution in [-0.2, 0) is 21.4 Å². The molecule has 68 valence electrons. The molecule has 0 unspecified atom stereocenters. The largest absolute Gasteiger partial charge is 0.318 e. The number of rotatable bonds is 5. The predicted octanol–water partition coefficient (Wildman–Crippen LogP) is 1.91. The van der Waals surface area contributed by atoms with E-state index in [2.05, 4.69) is 35.0 Å². The van der Waals surface area contributed by atoms with Crippen molar-refractivity contribution in [2.45, 2.75) is 13.0 Å². The Labute approximate surface area is 86.3 Å². The van der Waals surface area contributed by atoms with E-state index in [1.54, 1.807) is 16.8 Å². The van der Waals surface area contributed by atoms with E-state index in [0.29, 0.717) is 13.2 Å². The van der Waals surface area contributed by atoms with E-state index in [-0.39, 0.29) is 0 Å². The summed E-state index contributed by atoms with van der Waals surface area (Å²) in [5, 5.41) is 0. The van der Waals surface area contributed by atoms with Gasteiger partial charge in [-0.1, -0.05) is 0 Å². The summed E-state index contributed by atoms with van der Waals surface area (Å²) in [7, 11) is 0. The van der Waals surface area contributed by atoms with Crippen LogP contribution in [0.5, 0.6) is 0 Å². The molecule has 12 heavy (non-hydrogen) atoms. The molecule has 0 atom stereocenters. The maximum Gasteiger partial charge on any atom is 0.0972 e. The number of aromatic nitrogens is 1. The van der Waals surface area contributed by atoms with Crippen molar-refractivity contribution in [2.75, 3.05) is 6.61 Å². The van der Waals surface area contributed by atoms with Gasteiger partial charge in [-0.3, -0.25) is 0 Å². The summed E-state index contributed by atoms with van der Waals surface area (Å²) >= 11 is 8.88. The van der Waals surface area contributed by atoms with Crippen LogP contribution in [0.1, 0.15) is 10.6 Å². The van der Waals surface area contributed by atoms with E-state index in [9.17, 15) is 0 Å². The molecule has 0 aliphatic rings. The second-order valence-corrected chi connectivity index (χ2v) is 3.53. The van der Waals surface area contributed by atoms with Crippen LogP contribution in [0.4, 0.5) is 0 Å². The minimum atomic E-state index is 0.496. The van der Waals surface area contributed by atoms with Gasteiger partial charge in [-0.05, 0) is 25.8 Å². The summed E-state index contributed by atoms with van der Waals surface area (Å²) in [5.74, 6) is 0. The van der Waals surface area contributed by atoms with Crippen LogP contribution in [0.2, 0.25) is 0 Å². The molecule has 0 aliphatic heterocycles. The Morgan fingerprint density at radius 1 is 1.42 bits per heavy atom. The topological polar surface area (TPSA) is 31.4 Å². The third-order valence-corrected chi connectivity index (χ3v) is 2.51. The van der Waals surface area contributed by atoms with Crippen molar-refractivity contribution in [1.82, 2.24) is 4.98 Å². The summed E-state index contributed by atoms with van der Waals surface area (Å²) < 4.78 is 9.36. The Balaban J connectivity index is 2.51. The minimum Gasteiger partial charge on any atom is -0.318 e. The third-order valence-electron chi connectivity index (χ3n) is 1.35. The number of thiazole rings is 1. The summed E-state index contributed by atoms with van der Waals surface area (Å²) in [4.78, 5) is 5.26.